The standard InChI is InChI=1S/C8H8ClNO3/c9-8(12)13-5-7-3-1-2-6(4-11)10-7/h1-3,11H,4-5H2. The van der Waals surface area contributed by atoms with E-state index in [0.717, 1.165) is 0 Å². The van der Waals surface area contributed by atoms with Crippen molar-refractivity contribution in [1.29, 1.82) is 0 Å². The average Bonchev–Trinajstić information content (AvgIpc) is 2.15. The van der Waals surface area contributed by atoms with Gasteiger partial charge in [-0.1, -0.05) is 6.07 Å². The monoisotopic (exact) mass is 201 g/mol. The van der Waals surface area contributed by atoms with E-state index in [2.05, 4.69) is 9.72 Å². The van der Waals surface area contributed by atoms with Crippen LogP contribution >= 0.6 is 11.6 Å². The van der Waals surface area contributed by atoms with Crippen molar-refractivity contribution in [2.75, 3.05) is 0 Å². The van der Waals surface area contributed by atoms with Crippen molar-refractivity contribution in [3.05, 3.63) is 29.6 Å². The minimum Gasteiger partial charge on any atom is -0.447 e. The largest absolute Gasteiger partial charge is 0.447 e. The number of hydrogen-bond donors (Lipinski definition) is 1. The zero-order chi connectivity index (χ0) is 9.68. The molecule has 0 aliphatic heterocycles. The number of aromatic nitrogens is 1. The van der Waals surface area contributed by atoms with Gasteiger partial charge in [-0.15, -0.1) is 0 Å². The highest BCUT2D eigenvalue weighted by molar-refractivity contribution is 6.61. The first kappa shape index (κ1) is 9.95. The maximum absolute atomic E-state index is 10.2. The van der Waals surface area contributed by atoms with Gasteiger partial charge in [0, 0.05) is 11.6 Å². The molecular weight excluding hydrogens is 194 g/mol. The summed E-state index contributed by atoms with van der Waals surface area (Å²) in [6, 6.07) is 5.07. The topological polar surface area (TPSA) is 59.4 Å². The van der Waals surface area contributed by atoms with Crippen LogP contribution in [-0.4, -0.2) is 15.5 Å². The molecule has 4 nitrogen and oxygen atoms in total. The molecule has 1 rings (SSSR count). The van der Waals surface area contributed by atoms with E-state index >= 15 is 0 Å². The van der Waals surface area contributed by atoms with E-state index in [1.165, 1.54) is 0 Å². The lowest BCUT2D eigenvalue weighted by Gasteiger charge is -2.01. The number of pyridine rings is 1. The van der Waals surface area contributed by atoms with Crippen molar-refractivity contribution in [3.63, 3.8) is 0 Å². The molecule has 1 heterocycles. The van der Waals surface area contributed by atoms with Crippen molar-refractivity contribution in [1.82, 2.24) is 4.98 Å². The molecule has 70 valence electrons. The SMILES string of the molecule is O=C(Cl)OCc1cccc(CO)n1. The Balaban J connectivity index is 2.61. The summed E-state index contributed by atoms with van der Waals surface area (Å²) in [6.07, 6.45) is 0. The number of halogens is 1. The van der Waals surface area contributed by atoms with Gasteiger partial charge in [0.2, 0.25) is 0 Å². The molecule has 0 radical (unpaired) electrons. The average molecular weight is 202 g/mol. The molecule has 0 spiro atoms. The number of rotatable bonds is 3. The van der Waals surface area contributed by atoms with Gasteiger partial charge in [0.05, 0.1) is 18.0 Å². The van der Waals surface area contributed by atoms with Gasteiger partial charge < -0.3 is 9.84 Å². The first-order chi connectivity index (χ1) is 6.22. The number of aliphatic hydroxyl groups is 1. The lowest BCUT2D eigenvalue weighted by Crippen LogP contribution is -1.99. The highest BCUT2D eigenvalue weighted by Crippen LogP contribution is 2.02. The van der Waals surface area contributed by atoms with Crippen LogP contribution in [-0.2, 0) is 18.0 Å². The highest BCUT2D eigenvalue weighted by atomic mass is 35.5. The van der Waals surface area contributed by atoms with E-state index in [9.17, 15) is 4.79 Å². The Labute approximate surface area is 80.1 Å². The maximum atomic E-state index is 10.2. The summed E-state index contributed by atoms with van der Waals surface area (Å²) in [7, 11) is 0. The Morgan fingerprint density at radius 3 is 2.85 bits per heavy atom. The van der Waals surface area contributed by atoms with Crippen LogP contribution in [0.2, 0.25) is 0 Å². The van der Waals surface area contributed by atoms with Crippen molar-refractivity contribution in [3.8, 4) is 0 Å². The van der Waals surface area contributed by atoms with Crippen molar-refractivity contribution in [2.45, 2.75) is 13.2 Å². The van der Waals surface area contributed by atoms with E-state index in [0.29, 0.717) is 11.4 Å². The smallest absolute Gasteiger partial charge is 0.404 e. The second-order valence-corrected chi connectivity index (χ2v) is 2.61. The lowest BCUT2D eigenvalue weighted by molar-refractivity contribution is 0.165. The molecule has 1 aromatic rings. The molecule has 0 aliphatic carbocycles. The third-order valence-corrected chi connectivity index (χ3v) is 1.47. The minimum atomic E-state index is -0.865. The van der Waals surface area contributed by atoms with Crippen LogP contribution in [0.3, 0.4) is 0 Å². The summed E-state index contributed by atoms with van der Waals surface area (Å²) < 4.78 is 4.51. The lowest BCUT2D eigenvalue weighted by atomic mass is 10.3. The highest BCUT2D eigenvalue weighted by Gasteiger charge is 2.00. The van der Waals surface area contributed by atoms with Crippen LogP contribution in [0.15, 0.2) is 18.2 Å². The van der Waals surface area contributed by atoms with Gasteiger partial charge in [-0.05, 0) is 12.1 Å². The molecule has 0 aromatic carbocycles. The number of nitrogens with zero attached hydrogens (tertiary/aromatic N) is 1. The molecule has 0 saturated carbocycles. The molecule has 1 aromatic heterocycles. The summed E-state index contributed by atoms with van der Waals surface area (Å²) in [5.74, 6) is 0. The van der Waals surface area contributed by atoms with E-state index in [1.54, 1.807) is 18.2 Å². The summed E-state index contributed by atoms with van der Waals surface area (Å²) >= 11 is 4.96. The zero-order valence-electron chi connectivity index (χ0n) is 6.74. The van der Waals surface area contributed by atoms with Crippen LogP contribution < -0.4 is 0 Å². The Kier molecular flexibility index (Phi) is 3.67. The van der Waals surface area contributed by atoms with Crippen LogP contribution in [0.4, 0.5) is 4.79 Å². The predicted octanol–water partition coefficient (Wildman–Crippen LogP) is 1.45. The minimum absolute atomic E-state index is 0.0240. The van der Waals surface area contributed by atoms with Gasteiger partial charge in [0.25, 0.3) is 0 Å². The van der Waals surface area contributed by atoms with Crippen molar-refractivity contribution in [2.24, 2.45) is 0 Å². The normalized spacial score (nSPS) is 9.69. The van der Waals surface area contributed by atoms with E-state index in [-0.39, 0.29) is 13.2 Å². The molecule has 0 amide bonds. The molecular formula is C8H8ClNO3. The number of hydrogen-bond acceptors (Lipinski definition) is 4. The van der Waals surface area contributed by atoms with Crippen molar-refractivity contribution >= 4 is 17.0 Å². The van der Waals surface area contributed by atoms with E-state index < -0.39 is 5.43 Å². The van der Waals surface area contributed by atoms with Gasteiger partial charge in [-0.2, -0.15) is 0 Å². The third-order valence-electron chi connectivity index (χ3n) is 1.36. The molecule has 0 unspecified atom stereocenters. The zero-order valence-corrected chi connectivity index (χ0v) is 7.49. The quantitative estimate of drug-likeness (QED) is 0.752. The molecule has 0 bridgehead atoms. The van der Waals surface area contributed by atoms with Gasteiger partial charge >= 0.3 is 5.43 Å². The molecule has 1 N–H and O–H groups in total. The second-order valence-electron chi connectivity index (χ2n) is 2.30. The summed E-state index contributed by atoms with van der Waals surface area (Å²) in [5, 5.41) is 8.74. The van der Waals surface area contributed by atoms with Crippen LogP contribution in [0.25, 0.3) is 0 Å². The first-order valence-corrected chi connectivity index (χ1v) is 3.98. The van der Waals surface area contributed by atoms with E-state index in [1.807, 2.05) is 0 Å². The third kappa shape index (κ3) is 3.40. The molecule has 0 aliphatic rings. The van der Waals surface area contributed by atoms with Gasteiger partial charge in [-0.25, -0.2) is 4.79 Å². The van der Waals surface area contributed by atoms with Gasteiger partial charge in [0.1, 0.15) is 6.61 Å². The molecule has 5 heteroatoms. The van der Waals surface area contributed by atoms with Crippen molar-refractivity contribution < 1.29 is 14.6 Å². The summed E-state index contributed by atoms with van der Waals surface area (Å²) in [5.41, 5.74) is 0.222. The fraction of sp³-hybridized carbons (Fsp3) is 0.250. The summed E-state index contributed by atoms with van der Waals surface area (Å²) in [6.45, 7) is -0.112. The number of aliphatic hydroxyl groups excluding tert-OH is 1. The maximum Gasteiger partial charge on any atom is 0.404 e. The second kappa shape index (κ2) is 4.79. The summed E-state index contributed by atoms with van der Waals surface area (Å²) in [4.78, 5) is 14.2. The van der Waals surface area contributed by atoms with E-state index in [4.69, 9.17) is 16.7 Å². The first-order valence-electron chi connectivity index (χ1n) is 3.60. The molecule has 13 heavy (non-hydrogen) atoms. The Morgan fingerprint density at radius 1 is 1.54 bits per heavy atom. The molecule has 0 atom stereocenters. The molecule has 0 saturated heterocycles. The Bertz CT molecular complexity index is 303. The number of carbonyl (C=O) groups is 1. The Morgan fingerprint density at radius 2 is 2.23 bits per heavy atom. The predicted molar refractivity (Wildman–Crippen MR) is 46.2 cm³/mol. The molecule has 0 fully saturated rings. The fourth-order valence-corrected chi connectivity index (χ4v) is 0.883. The fourth-order valence-electron chi connectivity index (χ4n) is 0.828. The number of carbonyl (C=O) groups excluding carboxylic acids is 1. The van der Waals surface area contributed by atoms with Gasteiger partial charge in [0.15, 0.2) is 0 Å². The Hall–Kier alpha value is -1.13. The van der Waals surface area contributed by atoms with Gasteiger partial charge in [-0.3, -0.25) is 4.98 Å². The van der Waals surface area contributed by atoms with Crippen LogP contribution in [0.5, 0.6) is 0 Å². The van der Waals surface area contributed by atoms with Crippen LogP contribution in [0, 0.1) is 0 Å². The van der Waals surface area contributed by atoms with Crippen LogP contribution in [0.1, 0.15) is 11.4 Å². The number of ether oxygens (including phenoxy) is 1.